The molecule has 0 aliphatic carbocycles. The predicted octanol–water partition coefficient (Wildman–Crippen LogP) is 5.70. The quantitative estimate of drug-likeness (QED) is 0.586. The van der Waals surface area contributed by atoms with Crippen LogP contribution in [0.15, 0.2) is 34.1 Å². The normalized spacial score (nSPS) is 10.7. The summed E-state index contributed by atoms with van der Waals surface area (Å²) >= 11 is 15.0. The molecule has 1 heterocycles. The lowest BCUT2D eigenvalue weighted by atomic mass is 10.2. The average Bonchev–Trinajstić information content (AvgIpc) is 2.74. The first-order chi connectivity index (χ1) is 8.61. The zero-order valence-electron chi connectivity index (χ0n) is 9.79. The van der Waals surface area contributed by atoms with Gasteiger partial charge in [-0.15, -0.1) is 11.3 Å². The summed E-state index contributed by atoms with van der Waals surface area (Å²) in [5.74, 6) is 0. The Kier molecular flexibility index (Phi) is 5.13. The van der Waals surface area contributed by atoms with Gasteiger partial charge in [-0.05, 0) is 34.1 Å². The number of hydrogen-bond acceptors (Lipinski definition) is 2. The molecule has 0 bridgehead atoms. The number of thiophene rings is 1. The molecule has 18 heavy (non-hydrogen) atoms. The van der Waals surface area contributed by atoms with E-state index in [-0.39, 0.29) is 0 Å². The van der Waals surface area contributed by atoms with Crippen molar-refractivity contribution in [3.05, 3.63) is 49.6 Å². The minimum Gasteiger partial charge on any atom is -0.369 e. The van der Waals surface area contributed by atoms with Crippen LogP contribution in [-0.2, 0) is 11.9 Å². The second-order valence-corrected chi connectivity index (χ2v) is 6.84. The van der Waals surface area contributed by atoms with Crippen molar-refractivity contribution in [3.8, 4) is 0 Å². The van der Waals surface area contributed by atoms with Gasteiger partial charge in [-0.1, -0.05) is 33.6 Å². The second-order valence-electron chi connectivity index (χ2n) is 3.96. The minimum absolute atomic E-state index is 0.764. The molecule has 2 rings (SSSR count). The van der Waals surface area contributed by atoms with Crippen molar-refractivity contribution in [2.75, 3.05) is 11.9 Å². The van der Waals surface area contributed by atoms with Crippen molar-refractivity contribution >= 4 is 60.5 Å². The molecule has 0 radical (unpaired) electrons. The van der Waals surface area contributed by atoms with Crippen LogP contribution < -0.4 is 4.90 Å². The van der Waals surface area contributed by atoms with Crippen LogP contribution in [0.2, 0.25) is 5.02 Å². The first kappa shape index (κ1) is 14.4. The van der Waals surface area contributed by atoms with E-state index in [4.69, 9.17) is 11.6 Å². The highest BCUT2D eigenvalue weighted by Gasteiger charge is 2.11. The lowest BCUT2D eigenvalue weighted by Gasteiger charge is -2.22. The number of anilines is 1. The van der Waals surface area contributed by atoms with E-state index in [1.807, 2.05) is 12.1 Å². The Morgan fingerprint density at radius 1 is 1.39 bits per heavy atom. The Balaban J connectivity index is 2.23. The number of rotatable bonds is 4. The van der Waals surface area contributed by atoms with Gasteiger partial charge >= 0.3 is 0 Å². The van der Waals surface area contributed by atoms with Crippen LogP contribution in [0.3, 0.4) is 0 Å². The fraction of sp³-hybridized carbons (Fsp3) is 0.231. The van der Waals surface area contributed by atoms with Crippen LogP contribution >= 0.6 is 54.8 Å². The maximum absolute atomic E-state index is 6.22. The molecule has 2 aromatic rings. The van der Waals surface area contributed by atoms with Gasteiger partial charge in [-0.3, -0.25) is 0 Å². The summed E-state index contributed by atoms with van der Waals surface area (Å²) in [6.07, 6.45) is 0. The van der Waals surface area contributed by atoms with Gasteiger partial charge in [0.25, 0.3) is 0 Å². The molecule has 1 aromatic heterocycles. The molecule has 96 valence electrons. The van der Waals surface area contributed by atoms with Gasteiger partial charge in [-0.25, -0.2) is 0 Å². The highest BCUT2D eigenvalue weighted by atomic mass is 79.9. The van der Waals surface area contributed by atoms with Gasteiger partial charge in [0.2, 0.25) is 0 Å². The molecule has 5 heteroatoms. The first-order valence-corrected chi connectivity index (χ1v) is 8.56. The van der Waals surface area contributed by atoms with E-state index in [1.54, 1.807) is 11.3 Å². The summed E-state index contributed by atoms with van der Waals surface area (Å²) in [6.45, 7) is 0.886. The van der Waals surface area contributed by atoms with E-state index in [2.05, 4.69) is 61.3 Å². The van der Waals surface area contributed by atoms with Crippen molar-refractivity contribution < 1.29 is 0 Å². The number of halogens is 3. The zero-order chi connectivity index (χ0) is 13.1. The second kappa shape index (κ2) is 6.42. The summed E-state index contributed by atoms with van der Waals surface area (Å²) in [4.78, 5) is 3.55. The van der Waals surface area contributed by atoms with Crippen LogP contribution in [0, 0.1) is 0 Å². The third-order valence-electron chi connectivity index (χ3n) is 2.65. The van der Waals surface area contributed by atoms with E-state index in [1.165, 1.54) is 10.6 Å². The molecular formula is C13H12Br2ClNS. The van der Waals surface area contributed by atoms with Gasteiger partial charge in [0, 0.05) is 43.4 Å². The number of benzene rings is 1. The molecule has 0 fully saturated rings. The Labute approximate surface area is 133 Å². The molecule has 0 unspecified atom stereocenters. The van der Waals surface area contributed by atoms with Gasteiger partial charge in [0.05, 0.1) is 6.54 Å². The topological polar surface area (TPSA) is 3.24 Å². The smallest absolute Gasteiger partial charge is 0.0520 e. The minimum atomic E-state index is 0.764. The lowest BCUT2D eigenvalue weighted by molar-refractivity contribution is 0.933. The Morgan fingerprint density at radius 3 is 2.78 bits per heavy atom. The monoisotopic (exact) mass is 407 g/mol. The number of hydrogen-bond donors (Lipinski definition) is 0. The van der Waals surface area contributed by atoms with Crippen LogP contribution in [-0.4, -0.2) is 7.05 Å². The molecule has 0 aliphatic rings. The summed E-state index contributed by atoms with van der Waals surface area (Å²) in [6, 6.07) is 8.17. The summed E-state index contributed by atoms with van der Waals surface area (Å²) < 4.78 is 1.14. The highest BCUT2D eigenvalue weighted by Crippen LogP contribution is 2.30. The molecule has 1 nitrogen and oxygen atoms in total. The van der Waals surface area contributed by atoms with Crippen LogP contribution in [0.1, 0.15) is 10.4 Å². The van der Waals surface area contributed by atoms with Crippen molar-refractivity contribution in [1.29, 1.82) is 0 Å². The van der Waals surface area contributed by atoms with Gasteiger partial charge in [0.1, 0.15) is 0 Å². The standard InChI is InChI=1S/C13H12Br2ClNS/c1-17(7-10-5-9(15)8-18-10)13-4-2-3-12(16)11(13)6-14/h2-5,8H,6-7H2,1H3. The average molecular weight is 410 g/mol. The van der Waals surface area contributed by atoms with Gasteiger partial charge in [0.15, 0.2) is 0 Å². The molecule has 0 N–H and O–H groups in total. The van der Waals surface area contributed by atoms with Crippen molar-refractivity contribution in [1.82, 2.24) is 0 Å². The molecule has 1 aromatic carbocycles. The van der Waals surface area contributed by atoms with Crippen molar-refractivity contribution in [2.24, 2.45) is 0 Å². The Bertz CT molecular complexity index is 542. The third-order valence-corrected chi connectivity index (χ3v) is 5.25. The van der Waals surface area contributed by atoms with E-state index in [0.29, 0.717) is 0 Å². The molecular weight excluding hydrogens is 397 g/mol. The predicted molar refractivity (Wildman–Crippen MR) is 88.2 cm³/mol. The molecule has 0 aliphatic heterocycles. The lowest BCUT2D eigenvalue weighted by Crippen LogP contribution is -2.17. The Morgan fingerprint density at radius 2 is 2.17 bits per heavy atom. The van der Waals surface area contributed by atoms with Gasteiger partial charge < -0.3 is 4.90 Å². The highest BCUT2D eigenvalue weighted by molar-refractivity contribution is 9.10. The van der Waals surface area contributed by atoms with E-state index in [0.717, 1.165) is 26.9 Å². The first-order valence-electron chi connectivity index (χ1n) is 5.39. The molecule has 0 spiro atoms. The number of nitrogens with zero attached hydrogens (tertiary/aromatic N) is 1. The molecule has 0 atom stereocenters. The van der Waals surface area contributed by atoms with E-state index >= 15 is 0 Å². The summed E-state index contributed by atoms with van der Waals surface area (Å²) in [7, 11) is 2.09. The third kappa shape index (κ3) is 3.29. The van der Waals surface area contributed by atoms with E-state index in [9.17, 15) is 0 Å². The maximum Gasteiger partial charge on any atom is 0.0520 e. The van der Waals surface area contributed by atoms with Gasteiger partial charge in [-0.2, -0.15) is 0 Å². The largest absolute Gasteiger partial charge is 0.369 e. The van der Waals surface area contributed by atoms with Crippen molar-refractivity contribution in [2.45, 2.75) is 11.9 Å². The van der Waals surface area contributed by atoms with Crippen LogP contribution in [0.25, 0.3) is 0 Å². The SMILES string of the molecule is CN(Cc1cc(Br)cs1)c1cccc(Cl)c1CBr. The molecule has 0 amide bonds. The van der Waals surface area contributed by atoms with Crippen LogP contribution in [0.5, 0.6) is 0 Å². The van der Waals surface area contributed by atoms with E-state index < -0.39 is 0 Å². The summed E-state index contributed by atoms with van der Waals surface area (Å²) in [5, 5.41) is 3.68. The maximum atomic E-state index is 6.22. The number of alkyl halides is 1. The fourth-order valence-corrected chi connectivity index (χ4v) is 4.28. The Hall–Kier alpha value is -0.0300. The fourth-order valence-electron chi connectivity index (χ4n) is 1.79. The summed E-state index contributed by atoms with van der Waals surface area (Å²) in [5.41, 5.74) is 2.31. The zero-order valence-corrected chi connectivity index (χ0v) is 14.5. The molecule has 0 saturated heterocycles. The van der Waals surface area contributed by atoms with Crippen LogP contribution in [0.4, 0.5) is 5.69 Å². The molecule has 0 saturated carbocycles. The van der Waals surface area contributed by atoms with Crippen molar-refractivity contribution in [3.63, 3.8) is 0 Å².